The average Bonchev–Trinajstić information content (AvgIpc) is 2.97. The zero-order valence-electron chi connectivity index (χ0n) is 21.8. The summed E-state index contributed by atoms with van der Waals surface area (Å²) in [6.45, 7) is -0.595. The second kappa shape index (κ2) is 14.0. The lowest BCUT2D eigenvalue weighted by Gasteiger charge is -2.24. The molecular weight excluding hydrogens is 552 g/mol. The highest BCUT2D eigenvalue weighted by Crippen LogP contribution is 2.30. The maximum absolute atomic E-state index is 13.4. The summed E-state index contributed by atoms with van der Waals surface area (Å²) in [7, 11) is -4.08. The Kier molecular flexibility index (Phi) is 10.2. The molecule has 2 N–H and O–H groups in total. The minimum atomic E-state index is -4.08. The van der Waals surface area contributed by atoms with Crippen molar-refractivity contribution >= 4 is 45.3 Å². The third kappa shape index (κ3) is 8.06. The molecule has 1 fully saturated rings. The number of para-hydroxylation sites is 1. The predicted octanol–water partition coefficient (Wildman–Crippen LogP) is 4.51. The van der Waals surface area contributed by atoms with E-state index in [-0.39, 0.29) is 34.2 Å². The van der Waals surface area contributed by atoms with E-state index in [4.69, 9.17) is 16.3 Å². The van der Waals surface area contributed by atoms with Gasteiger partial charge in [0.2, 0.25) is 0 Å². The Labute approximate surface area is 239 Å². The van der Waals surface area contributed by atoms with E-state index in [9.17, 15) is 18.0 Å². The molecule has 0 spiro atoms. The second-order valence-corrected chi connectivity index (χ2v) is 11.6. The summed E-state index contributed by atoms with van der Waals surface area (Å²) in [4.78, 5) is 24.9. The molecule has 210 valence electrons. The molecule has 1 saturated carbocycles. The number of benzene rings is 3. The molecule has 2 amide bonds. The van der Waals surface area contributed by atoms with Crippen LogP contribution in [0.4, 0.5) is 5.69 Å². The van der Waals surface area contributed by atoms with Gasteiger partial charge in [-0.15, -0.1) is 0 Å². The largest absolute Gasteiger partial charge is 0.484 e. The Balaban J connectivity index is 1.33. The molecule has 3 aromatic rings. The number of carbonyl (C=O) groups excluding carboxylic acids is 2. The van der Waals surface area contributed by atoms with Crippen LogP contribution in [-0.2, 0) is 19.6 Å². The van der Waals surface area contributed by atoms with Gasteiger partial charge in [0.1, 0.15) is 12.3 Å². The molecule has 0 saturated heterocycles. The van der Waals surface area contributed by atoms with Crippen molar-refractivity contribution in [1.29, 1.82) is 0 Å². The van der Waals surface area contributed by atoms with Crippen LogP contribution in [0, 0.1) is 0 Å². The van der Waals surface area contributed by atoms with E-state index < -0.39 is 22.5 Å². The van der Waals surface area contributed by atoms with Crippen molar-refractivity contribution in [1.82, 2.24) is 10.7 Å². The smallest absolute Gasteiger partial charge is 0.264 e. The number of carbonyl (C=O) groups is 2. The maximum Gasteiger partial charge on any atom is 0.264 e. The average molecular weight is 583 g/mol. The Bertz CT molecular complexity index is 1430. The van der Waals surface area contributed by atoms with Crippen molar-refractivity contribution in [2.75, 3.05) is 17.5 Å². The summed E-state index contributed by atoms with van der Waals surface area (Å²) in [5.74, 6) is -0.263. The number of sulfonamides is 1. The summed E-state index contributed by atoms with van der Waals surface area (Å²) >= 11 is 6.28. The Morgan fingerprint density at radius 3 is 2.30 bits per heavy atom. The topological polar surface area (TPSA) is 117 Å². The standard InChI is InChI=1S/C29H31ClN4O5S/c30-26-13-7-8-14-27(26)34(40(37,38)25-11-5-2-6-12-25)20-28(35)33-31-19-22-15-17-24(18-16-22)39-21-29(36)32-23-9-3-1-4-10-23/h2,5-8,11-19,23H,1,3-4,9-10,20-21H2,(H,32,36)(H,33,35)/b31-19-. The van der Waals surface area contributed by atoms with Crippen LogP contribution in [0.5, 0.6) is 5.75 Å². The Morgan fingerprint density at radius 2 is 1.60 bits per heavy atom. The molecular formula is C29H31ClN4O5S. The van der Waals surface area contributed by atoms with Gasteiger partial charge in [0.15, 0.2) is 6.61 Å². The molecule has 0 bridgehead atoms. The molecule has 0 unspecified atom stereocenters. The number of anilines is 1. The van der Waals surface area contributed by atoms with Crippen LogP contribution in [0.15, 0.2) is 88.9 Å². The van der Waals surface area contributed by atoms with Crippen molar-refractivity contribution in [3.8, 4) is 5.75 Å². The van der Waals surface area contributed by atoms with E-state index in [2.05, 4.69) is 15.8 Å². The third-order valence-corrected chi connectivity index (χ3v) is 8.46. The van der Waals surface area contributed by atoms with Crippen molar-refractivity contribution in [2.45, 2.75) is 43.0 Å². The molecule has 3 aromatic carbocycles. The van der Waals surface area contributed by atoms with Crippen LogP contribution < -0.4 is 19.8 Å². The second-order valence-electron chi connectivity index (χ2n) is 9.33. The summed E-state index contributed by atoms with van der Waals surface area (Å²) in [6.07, 6.45) is 6.94. The highest BCUT2D eigenvalue weighted by molar-refractivity contribution is 7.92. The fraction of sp³-hybridized carbons (Fsp3) is 0.276. The number of nitrogens with one attached hydrogen (secondary N) is 2. The zero-order chi connectivity index (χ0) is 28.4. The van der Waals surface area contributed by atoms with Crippen molar-refractivity contribution in [2.24, 2.45) is 5.10 Å². The number of rotatable bonds is 11. The summed E-state index contributed by atoms with van der Waals surface area (Å²) in [6, 6.07) is 21.3. The fourth-order valence-corrected chi connectivity index (χ4v) is 6.08. The molecule has 1 aliphatic rings. The van der Waals surface area contributed by atoms with Crippen LogP contribution in [0.25, 0.3) is 0 Å². The van der Waals surface area contributed by atoms with E-state index in [1.54, 1.807) is 60.7 Å². The summed E-state index contributed by atoms with van der Waals surface area (Å²) < 4.78 is 33.2. The monoisotopic (exact) mass is 582 g/mol. The SMILES string of the molecule is O=C(CN(c1ccccc1Cl)S(=O)(=O)c1ccccc1)N/N=C\c1ccc(OCC(=O)NC2CCCCC2)cc1. The van der Waals surface area contributed by atoms with Gasteiger partial charge in [-0.05, 0) is 66.9 Å². The van der Waals surface area contributed by atoms with E-state index >= 15 is 0 Å². The molecule has 0 radical (unpaired) electrons. The maximum atomic E-state index is 13.4. The predicted molar refractivity (Wildman–Crippen MR) is 155 cm³/mol. The van der Waals surface area contributed by atoms with Gasteiger partial charge in [-0.2, -0.15) is 5.10 Å². The number of hydrogen-bond donors (Lipinski definition) is 2. The first-order valence-electron chi connectivity index (χ1n) is 13.0. The van der Waals surface area contributed by atoms with Crippen LogP contribution >= 0.6 is 11.6 Å². The molecule has 0 atom stereocenters. The first-order valence-corrected chi connectivity index (χ1v) is 14.8. The van der Waals surface area contributed by atoms with Crippen LogP contribution in [-0.4, -0.2) is 45.6 Å². The van der Waals surface area contributed by atoms with E-state index in [0.717, 1.165) is 30.0 Å². The van der Waals surface area contributed by atoms with Gasteiger partial charge >= 0.3 is 0 Å². The van der Waals surface area contributed by atoms with Crippen molar-refractivity contribution in [3.05, 3.63) is 89.4 Å². The summed E-state index contributed by atoms with van der Waals surface area (Å²) in [5, 5.41) is 7.15. The number of amides is 2. The highest BCUT2D eigenvalue weighted by atomic mass is 35.5. The molecule has 0 heterocycles. The third-order valence-electron chi connectivity index (χ3n) is 6.36. The lowest BCUT2D eigenvalue weighted by Crippen LogP contribution is -2.39. The quantitative estimate of drug-likeness (QED) is 0.255. The van der Waals surface area contributed by atoms with Gasteiger partial charge in [-0.3, -0.25) is 13.9 Å². The minimum Gasteiger partial charge on any atom is -0.484 e. The lowest BCUT2D eigenvalue weighted by atomic mass is 9.95. The Morgan fingerprint density at radius 1 is 0.925 bits per heavy atom. The number of ether oxygens (including phenoxy) is 1. The zero-order valence-corrected chi connectivity index (χ0v) is 23.4. The number of halogens is 1. The van der Waals surface area contributed by atoms with Gasteiger partial charge in [0.25, 0.3) is 21.8 Å². The normalized spacial score (nSPS) is 14.0. The van der Waals surface area contributed by atoms with Crippen LogP contribution in [0.1, 0.15) is 37.7 Å². The Hall–Kier alpha value is -3.89. The van der Waals surface area contributed by atoms with Crippen LogP contribution in [0.2, 0.25) is 5.02 Å². The van der Waals surface area contributed by atoms with Gasteiger partial charge in [0, 0.05) is 6.04 Å². The molecule has 1 aliphatic carbocycles. The molecule has 40 heavy (non-hydrogen) atoms. The lowest BCUT2D eigenvalue weighted by molar-refractivity contribution is -0.124. The van der Waals surface area contributed by atoms with E-state index in [1.807, 2.05) is 0 Å². The van der Waals surface area contributed by atoms with Crippen molar-refractivity contribution in [3.63, 3.8) is 0 Å². The van der Waals surface area contributed by atoms with Crippen molar-refractivity contribution < 1.29 is 22.7 Å². The molecule has 9 nitrogen and oxygen atoms in total. The molecule has 0 aromatic heterocycles. The summed E-state index contributed by atoms with van der Waals surface area (Å²) in [5.41, 5.74) is 3.21. The minimum absolute atomic E-state index is 0.0278. The molecule has 4 rings (SSSR count). The van der Waals surface area contributed by atoms with E-state index in [1.165, 1.54) is 30.8 Å². The number of nitrogens with zero attached hydrogens (tertiary/aromatic N) is 2. The van der Waals surface area contributed by atoms with Gasteiger partial charge in [0.05, 0.1) is 21.8 Å². The van der Waals surface area contributed by atoms with Gasteiger partial charge in [-0.25, -0.2) is 13.8 Å². The molecule has 11 heteroatoms. The first kappa shape index (κ1) is 29.1. The van der Waals surface area contributed by atoms with Gasteiger partial charge in [-0.1, -0.05) is 61.2 Å². The van der Waals surface area contributed by atoms with Gasteiger partial charge < -0.3 is 10.1 Å². The molecule has 0 aliphatic heterocycles. The fourth-order valence-electron chi connectivity index (χ4n) is 4.33. The first-order chi connectivity index (χ1) is 19.3. The number of hydrazone groups is 1. The van der Waals surface area contributed by atoms with E-state index in [0.29, 0.717) is 11.3 Å². The highest BCUT2D eigenvalue weighted by Gasteiger charge is 2.28. The number of hydrogen-bond acceptors (Lipinski definition) is 6. The van der Waals surface area contributed by atoms with Crippen LogP contribution in [0.3, 0.4) is 0 Å².